The lowest BCUT2D eigenvalue weighted by Gasteiger charge is -2.36. The number of carbonyl (C=O) groups is 1. The van der Waals surface area contributed by atoms with Crippen molar-refractivity contribution in [3.8, 4) is 17.4 Å². The van der Waals surface area contributed by atoms with Crippen molar-refractivity contribution in [2.45, 2.75) is 75.3 Å². The van der Waals surface area contributed by atoms with Crippen molar-refractivity contribution >= 4 is 5.78 Å². The van der Waals surface area contributed by atoms with Gasteiger partial charge >= 0.3 is 0 Å². The average molecular weight is 483 g/mol. The Morgan fingerprint density at radius 3 is 2.86 bits per heavy atom. The molecule has 4 heterocycles. The third kappa shape index (κ3) is 4.27. The maximum Gasteiger partial charge on any atom is 0.217 e. The van der Waals surface area contributed by atoms with Crippen molar-refractivity contribution < 1.29 is 23.5 Å². The Morgan fingerprint density at radius 2 is 2.06 bits per heavy atom. The van der Waals surface area contributed by atoms with E-state index in [4.69, 9.17) is 28.7 Å². The van der Waals surface area contributed by atoms with Gasteiger partial charge in [-0.15, -0.1) is 0 Å². The number of rotatable bonds is 5. The Balaban J connectivity index is 1.35. The van der Waals surface area contributed by atoms with Crippen LogP contribution in [0.25, 0.3) is 11.5 Å². The molecule has 2 aromatic rings. The summed E-state index contributed by atoms with van der Waals surface area (Å²) in [5.74, 6) is 2.01. The Morgan fingerprint density at radius 1 is 1.14 bits per heavy atom. The number of likely N-dealkylation sites (N-methyl/N-ethyl adjacent to an activating group) is 1. The van der Waals surface area contributed by atoms with Crippen LogP contribution >= 0.6 is 0 Å². The fourth-order valence-corrected chi connectivity index (χ4v) is 6.19. The van der Waals surface area contributed by atoms with E-state index in [0.717, 1.165) is 68.5 Å². The molecule has 1 saturated carbocycles. The molecule has 0 amide bonds. The fourth-order valence-electron chi connectivity index (χ4n) is 6.19. The van der Waals surface area contributed by atoms with Crippen molar-refractivity contribution in [3.63, 3.8) is 0 Å². The van der Waals surface area contributed by atoms with Gasteiger partial charge in [0.05, 0.1) is 30.9 Å². The molecule has 1 spiro atoms. The fraction of sp³-hybridized carbons (Fsp3) is 0.692. The molecule has 0 bridgehead atoms. The lowest BCUT2D eigenvalue weighted by molar-refractivity contribution is -0.128. The molecule has 0 radical (unpaired) electrons. The van der Waals surface area contributed by atoms with Crippen molar-refractivity contribution in [3.05, 3.63) is 23.1 Å². The van der Waals surface area contributed by atoms with E-state index in [0.29, 0.717) is 62.1 Å². The highest BCUT2D eigenvalue weighted by Crippen LogP contribution is 2.47. The summed E-state index contributed by atoms with van der Waals surface area (Å²) in [6.07, 6.45) is 8.06. The third-order valence-electron chi connectivity index (χ3n) is 8.22. The first-order valence-corrected chi connectivity index (χ1v) is 13.1. The molecule has 6 rings (SSSR count). The van der Waals surface area contributed by atoms with Crippen LogP contribution in [0.2, 0.25) is 0 Å². The first-order chi connectivity index (χ1) is 17.1. The lowest BCUT2D eigenvalue weighted by atomic mass is 9.64. The van der Waals surface area contributed by atoms with Gasteiger partial charge in [0.25, 0.3) is 0 Å². The summed E-state index contributed by atoms with van der Waals surface area (Å²) in [4.78, 5) is 25.0. The van der Waals surface area contributed by atoms with Crippen LogP contribution in [-0.4, -0.2) is 71.9 Å². The summed E-state index contributed by atoms with van der Waals surface area (Å²) in [5, 5.41) is 4.44. The predicted octanol–water partition coefficient (Wildman–Crippen LogP) is 3.41. The van der Waals surface area contributed by atoms with E-state index in [-0.39, 0.29) is 6.10 Å². The first-order valence-electron chi connectivity index (χ1n) is 13.1. The van der Waals surface area contributed by atoms with Gasteiger partial charge in [0.15, 0.2) is 17.3 Å². The van der Waals surface area contributed by atoms with Gasteiger partial charge in [0.2, 0.25) is 5.88 Å². The van der Waals surface area contributed by atoms with Gasteiger partial charge in [-0.1, -0.05) is 11.6 Å². The molecule has 2 saturated heterocycles. The van der Waals surface area contributed by atoms with Gasteiger partial charge in [-0.05, 0) is 58.5 Å². The Labute approximate surface area is 205 Å². The van der Waals surface area contributed by atoms with Crippen LogP contribution in [0, 0.1) is 0 Å². The second kappa shape index (κ2) is 9.59. The van der Waals surface area contributed by atoms with Crippen molar-refractivity contribution in [2.24, 2.45) is 0 Å². The highest BCUT2D eigenvalue weighted by atomic mass is 16.6. The first kappa shape index (κ1) is 23.1. The average Bonchev–Trinajstić information content (AvgIpc) is 3.52. The molecule has 9 heteroatoms. The monoisotopic (exact) mass is 482 g/mol. The minimum absolute atomic E-state index is 0.281. The van der Waals surface area contributed by atoms with Gasteiger partial charge in [-0.3, -0.25) is 4.79 Å². The van der Waals surface area contributed by atoms with E-state index in [1.165, 1.54) is 6.42 Å². The number of hydrogen-bond donors (Lipinski definition) is 0. The second-order valence-corrected chi connectivity index (χ2v) is 10.4. The number of likely N-dealkylation sites (tertiary alicyclic amines) is 1. The van der Waals surface area contributed by atoms with Crippen LogP contribution in [0.1, 0.15) is 74.5 Å². The van der Waals surface area contributed by atoms with Crippen LogP contribution < -0.4 is 4.74 Å². The summed E-state index contributed by atoms with van der Waals surface area (Å²) in [6.45, 7) is 3.21. The Bertz CT molecular complexity index is 1080. The van der Waals surface area contributed by atoms with Crippen LogP contribution in [0.3, 0.4) is 0 Å². The van der Waals surface area contributed by atoms with Gasteiger partial charge in [0.1, 0.15) is 18.5 Å². The molecule has 2 aliphatic heterocycles. The number of aromatic nitrogens is 3. The maximum atomic E-state index is 13.1. The van der Waals surface area contributed by atoms with Gasteiger partial charge in [0, 0.05) is 24.1 Å². The van der Waals surface area contributed by atoms with E-state index in [2.05, 4.69) is 17.1 Å². The number of hydrogen-bond acceptors (Lipinski definition) is 9. The molecule has 2 aliphatic carbocycles. The largest absolute Gasteiger partial charge is 0.476 e. The Hall–Kier alpha value is -2.36. The lowest BCUT2D eigenvalue weighted by Crippen LogP contribution is -2.41. The minimum atomic E-state index is -0.526. The summed E-state index contributed by atoms with van der Waals surface area (Å²) in [5.41, 5.74) is 1.80. The minimum Gasteiger partial charge on any atom is -0.476 e. The summed E-state index contributed by atoms with van der Waals surface area (Å²) >= 11 is 0. The van der Waals surface area contributed by atoms with Crippen LogP contribution in [0.4, 0.5) is 0 Å². The highest BCUT2D eigenvalue weighted by Gasteiger charge is 2.48. The van der Waals surface area contributed by atoms with Gasteiger partial charge < -0.3 is 23.6 Å². The molecule has 9 nitrogen and oxygen atoms in total. The normalized spacial score (nSPS) is 29.5. The van der Waals surface area contributed by atoms with Crippen LogP contribution in [0.5, 0.6) is 5.88 Å². The molecule has 3 fully saturated rings. The van der Waals surface area contributed by atoms with E-state index >= 15 is 0 Å². The number of carbonyl (C=O) groups excluding carboxylic acids is 1. The number of ketones is 1. The van der Waals surface area contributed by atoms with Crippen molar-refractivity contribution in [1.29, 1.82) is 0 Å². The van der Waals surface area contributed by atoms with Crippen molar-refractivity contribution in [2.75, 3.05) is 40.0 Å². The quantitative estimate of drug-likeness (QED) is 0.635. The molecule has 3 atom stereocenters. The molecule has 0 aromatic carbocycles. The van der Waals surface area contributed by atoms with Crippen molar-refractivity contribution in [1.82, 2.24) is 20.0 Å². The molecule has 188 valence electrons. The molecule has 35 heavy (non-hydrogen) atoms. The molecular formula is C26H34N4O5. The number of ether oxygens (including phenoxy) is 3. The number of nitrogens with zero attached hydrogens (tertiary/aromatic N) is 4. The van der Waals surface area contributed by atoms with E-state index in [9.17, 15) is 4.79 Å². The number of fused-ring (bicyclic) bond motifs is 2. The molecule has 2 aromatic heterocycles. The third-order valence-corrected chi connectivity index (χ3v) is 8.22. The van der Waals surface area contributed by atoms with Gasteiger partial charge in [-0.2, -0.15) is 4.98 Å². The second-order valence-electron chi connectivity index (χ2n) is 10.4. The topological polar surface area (TPSA) is 99.8 Å². The maximum absolute atomic E-state index is 13.1. The van der Waals surface area contributed by atoms with Crippen LogP contribution in [-0.2, 0) is 26.1 Å². The standard InChI is InChI=1S/C26H34N4O5/c1-30-11-5-6-17(30)15-34-22-14-19(20-16-32-12-13-33-20)27-25(28-22)23-18-7-4-10-26(24(18)35-29-23)9-3-2-8-21(26)31/h14,17,20H,2-13,15-16H2,1H3/t17-,20?,26+/m0/s1. The smallest absolute Gasteiger partial charge is 0.217 e. The highest BCUT2D eigenvalue weighted by molar-refractivity contribution is 5.91. The molecule has 1 unspecified atom stereocenters. The van der Waals surface area contributed by atoms with E-state index < -0.39 is 5.41 Å². The summed E-state index contributed by atoms with van der Waals surface area (Å²) < 4.78 is 23.7. The predicted molar refractivity (Wildman–Crippen MR) is 126 cm³/mol. The zero-order chi connectivity index (χ0) is 23.8. The number of Topliss-reactive ketones (excluding diaryl/α,β-unsaturated/α-hetero) is 1. The zero-order valence-electron chi connectivity index (χ0n) is 20.5. The van der Waals surface area contributed by atoms with E-state index in [1.54, 1.807) is 0 Å². The Kier molecular flexibility index (Phi) is 6.32. The molecule has 4 aliphatic rings. The van der Waals surface area contributed by atoms with Gasteiger partial charge in [-0.25, -0.2) is 4.98 Å². The summed E-state index contributed by atoms with van der Waals surface area (Å²) in [7, 11) is 2.13. The molecule has 0 N–H and O–H groups in total. The van der Waals surface area contributed by atoms with E-state index in [1.807, 2.05) is 6.07 Å². The van der Waals surface area contributed by atoms with Crippen LogP contribution in [0.15, 0.2) is 10.6 Å². The molecular weight excluding hydrogens is 448 g/mol. The SMILES string of the molecule is CN1CCC[C@H]1COc1cc(C2COCCO2)nc(-c2noc3c2CCC[C@@]32CCCCC2=O)n1. The summed E-state index contributed by atoms with van der Waals surface area (Å²) in [6, 6.07) is 2.24. The zero-order valence-corrected chi connectivity index (χ0v) is 20.5.